The number of halogens is 1. The van der Waals surface area contributed by atoms with Gasteiger partial charge in [-0.1, -0.05) is 0 Å². The third-order valence-electron chi connectivity index (χ3n) is 2.56. The molecule has 0 N–H and O–H groups in total. The maximum atomic E-state index is 11.0. The van der Waals surface area contributed by atoms with Crippen LogP contribution in [-0.2, 0) is 18.8 Å². The minimum absolute atomic E-state index is 0.201. The molecule has 7 heteroatoms. The average Bonchev–Trinajstić information content (AvgIpc) is 2.17. The quantitative estimate of drug-likeness (QED) is 0.551. The number of carbonyl (C=O) groups excluding carboxylic acids is 1. The Kier molecular flexibility index (Phi) is 4.36. The van der Waals surface area contributed by atoms with E-state index in [9.17, 15) is 13.2 Å². The first-order chi connectivity index (χ1) is 6.93. The Bertz CT molecular complexity index is 322. The maximum Gasteiger partial charge on any atom is 0.305 e. The number of hydrogen-bond donors (Lipinski definition) is 0. The minimum atomic E-state index is -3.59. The van der Waals surface area contributed by atoms with E-state index < -0.39 is 9.24 Å². The Morgan fingerprint density at radius 1 is 1.47 bits per heavy atom. The van der Waals surface area contributed by atoms with Crippen LogP contribution in [0.1, 0.15) is 19.3 Å². The van der Waals surface area contributed by atoms with E-state index in [1.807, 2.05) is 0 Å². The molecule has 1 saturated heterocycles. The van der Waals surface area contributed by atoms with Crippen molar-refractivity contribution in [3.63, 3.8) is 0 Å². The highest BCUT2D eigenvalue weighted by atomic mass is 35.7. The van der Waals surface area contributed by atoms with Crippen molar-refractivity contribution in [2.45, 2.75) is 19.3 Å². The topological polar surface area (TPSA) is 63.7 Å². The van der Waals surface area contributed by atoms with Gasteiger partial charge in [-0.05, 0) is 18.8 Å². The van der Waals surface area contributed by atoms with Gasteiger partial charge in [0.05, 0.1) is 7.11 Å². The van der Waals surface area contributed by atoms with Gasteiger partial charge in [-0.2, -0.15) is 12.7 Å². The molecule has 1 rings (SSSR count). The van der Waals surface area contributed by atoms with Crippen molar-refractivity contribution in [1.29, 1.82) is 0 Å². The van der Waals surface area contributed by atoms with Gasteiger partial charge in [0, 0.05) is 30.2 Å². The van der Waals surface area contributed by atoms with Crippen molar-refractivity contribution >= 4 is 25.9 Å². The zero-order chi connectivity index (χ0) is 11.5. The second-order valence-electron chi connectivity index (χ2n) is 3.56. The van der Waals surface area contributed by atoms with Crippen LogP contribution in [0, 0.1) is 5.92 Å². The maximum absolute atomic E-state index is 11.0. The molecule has 0 aliphatic carbocycles. The molecule has 0 aromatic rings. The Morgan fingerprint density at radius 2 is 2.00 bits per heavy atom. The Morgan fingerprint density at radius 3 is 2.40 bits per heavy atom. The van der Waals surface area contributed by atoms with Crippen LogP contribution in [0.2, 0.25) is 0 Å². The molecule has 0 amide bonds. The first-order valence-electron chi connectivity index (χ1n) is 4.70. The molecule has 0 saturated carbocycles. The number of nitrogens with zero attached hydrogens (tertiary/aromatic N) is 1. The van der Waals surface area contributed by atoms with Crippen LogP contribution >= 0.6 is 10.7 Å². The monoisotopic (exact) mass is 255 g/mol. The minimum Gasteiger partial charge on any atom is -0.469 e. The summed E-state index contributed by atoms with van der Waals surface area (Å²) >= 11 is 0. The lowest BCUT2D eigenvalue weighted by Crippen LogP contribution is -2.36. The van der Waals surface area contributed by atoms with Crippen LogP contribution in [0.5, 0.6) is 0 Å². The summed E-state index contributed by atoms with van der Waals surface area (Å²) in [5.74, 6) is -0.0469. The van der Waals surface area contributed by atoms with Crippen LogP contribution in [0.4, 0.5) is 0 Å². The third kappa shape index (κ3) is 3.96. The van der Waals surface area contributed by atoms with Gasteiger partial charge in [-0.25, -0.2) is 0 Å². The van der Waals surface area contributed by atoms with E-state index in [4.69, 9.17) is 10.7 Å². The molecule has 15 heavy (non-hydrogen) atoms. The first-order valence-corrected chi connectivity index (χ1v) is 6.96. The largest absolute Gasteiger partial charge is 0.469 e. The molecule has 0 aromatic heterocycles. The van der Waals surface area contributed by atoms with Gasteiger partial charge in [-0.3, -0.25) is 4.79 Å². The van der Waals surface area contributed by atoms with Gasteiger partial charge in [0.25, 0.3) is 9.24 Å². The number of carbonyl (C=O) groups is 1. The lowest BCUT2D eigenvalue weighted by atomic mass is 9.95. The fourth-order valence-electron chi connectivity index (χ4n) is 1.65. The molecular formula is C8H14ClNO4S. The zero-order valence-corrected chi connectivity index (χ0v) is 10.1. The Balaban J connectivity index is 2.40. The summed E-state index contributed by atoms with van der Waals surface area (Å²) in [6, 6.07) is 0. The first kappa shape index (κ1) is 12.7. The van der Waals surface area contributed by atoms with E-state index in [1.165, 1.54) is 11.4 Å². The molecule has 0 aromatic carbocycles. The summed E-state index contributed by atoms with van der Waals surface area (Å²) in [5.41, 5.74) is 0. The van der Waals surface area contributed by atoms with Gasteiger partial charge in [0.2, 0.25) is 0 Å². The highest BCUT2D eigenvalue weighted by molar-refractivity contribution is 8.11. The fourth-order valence-corrected chi connectivity index (χ4v) is 2.71. The van der Waals surface area contributed by atoms with E-state index in [0.29, 0.717) is 32.4 Å². The van der Waals surface area contributed by atoms with E-state index >= 15 is 0 Å². The number of ether oxygens (including phenoxy) is 1. The van der Waals surface area contributed by atoms with Crippen LogP contribution in [-0.4, -0.2) is 38.9 Å². The molecule has 0 spiro atoms. The number of esters is 1. The summed E-state index contributed by atoms with van der Waals surface area (Å²) in [6.07, 6.45) is 1.66. The van der Waals surface area contributed by atoms with Gasteiger partial charge < -0.3 is 4.74 Å². The molecular weight excluding hydrogens is 242 g/mol. The van der Waals surface area contributed by atoms with Crippen molar-refractivity contribution in [3.05, 3.63) is 0 Å². The normalized spacial score (nSPS) is 20.1. The van der Waals surface area contributed by atoms with Crippen LogP contribution < -0.4 is 0 Å². The van der Waals surface area contributed by atoms with Gasteiger partial charge in [0.1, 0.15) is 0 Å². The van der Waals surface area contributed by atoms with E-state index in [0.717, 1.165) is 0 Å². The number of hydrogen-bond acceptors (Lipinski definition) is 4. The summed E-state index contributed by atoms with van der Waals surface area (Å²) in [4.78, 5) is 11.0. The summed E-state index contributed by atoms with van der Waals surface area (Å²) in [6.45, 7) is 0.765. The molecule has 0 unspecified atom stereocenters. The molecule has 1 aliphatic rings. The molecule has 1 fully saturated rings. The summed E-state index contributed by atoms with van der Waals surface area (Å²) in [7, 11) is 2.95. The van der Waals surface area contributed by atoms with Crippen molar-refractivity contribution in [3.8, 4) is 0 Å². The molecule has 0 radical (unpaired) electrons. The molecule has 0 bridgehead atoms. The van der Waals surface area contributed by atoms with E-state index in [1.54, 1.807) is 0 Å². The third-order valence-corrected chi connectivity index (χ3v) is 4.13. The van der Waals surface area contributed by atoms with Crippen molar-refractivity contribution in [2.75, 3.05) is 20.2 Å². The SMILES string of the molecule is COC(=O)CC1CCN(S(=O)(=O)Cl)CC1. The predicted octanol–water partition coefficient (Wildman–Crippen LogP) is 0.745. The number of piperidine rings is 1. The van der Waals surface area contributed by atoms with Gasteiger partial charge in [-0.15, -0.1) is 0 Å². The number of rotatable bonds is 3. The van der Waals surface area contributed by atoms with Crippen molar-refractivity contribution in [2.24, 2.45) is 5.92 Å². The molecule has 1 heterocycles. The second kappa shape index (κ2) is 5.14. The summed E-state index contributed by atoms with van der Waals surface area (Å²) < 4.78 is 27.7. The van der Waals surface area contributed by atoms with Gasteiger partial charge >= 0.3 is 5.97 Å². The molecule has 5 nitrogen and oxygen atoms in total. The second-order valence-corrected chi connectivity index (χ2v) is 6.08. The average molecular weight is 256 g/mol. The lowest BCUT2D eigenvalue weighted by molar-refractivity contribution is -0.142. The van der Waals surface area contributed by atoms with Crippen LogP contribution in [0.3, 0.4) is 0 Å². The summed E-state index contributed by atoms with van der Waals surface area (Å²) in [5, 5.41) is 0. The smallest absolute Gasteiger partial charge is 0.305 e. The predicted molar refractivity (Wildman–Crippen MR) is 55.7 cm³/mol. The lowest BCUT2D eigenvalue weighted by Gasteiger charge is -2.28. The van der Waals surface area contributed by atoms with E-state index in [2.05, 4.69) is 4.74 Å². The van der Waals surface area contributed by atoms with Crippen LogP contribution in [0.25, 0.3) is 0 Å². The number of methoxy groups -OCH3 is 1. The van der Waals surface area contributed by atoms with Crippen molar-refractivity contribution < 1.29 is 17.9 Å². The van der Waals surface area contributed by atoms with Crippen molar-refractivity contribution in [1.82, 2.24) is 4.31 Å². The standard InChI is InChI=1S/C8H14ClNO4S/c1-14-8(11)6-7-2-4-10(5-3-7)15(9,12)13/h7H,2-6H2,1H3. The Labute approximate surface area is 93.9 Å². The van der Waals surface area contributed by atoms with E-state index in [-0.39, 0.29) is 11.9 Å². The molecule has 88 valence electrons. The highest BCUT2D eigenvalue weighted by Gasteiger charge is 2.27. The molecule has 0 atom stereocenters. The fraction of sp³-hybridized carbons (Fsp3) is 0.875. The highest BCUT2D eigenvalue weighted by Crippen LogP contribution is 2.23. The van der Waals surface area contributed by atoms with Gasteiger partial charge in [0.15, 0.2) is 0 Å². The zero-order valence-electron chi connectivity index (χ0n) is 8.48. The Hall–Kier alpha value is -0.330. The molecule has 1 aliphatic heterocycles. The van der Waals surface area contributed by atoms with Crippen LogP contribution in [0.15, 0.2) is 0 Å².